The summed E-state index contributed by atoms with van der Waals surface area (Å²) in [7, 11) is 0. The maximum absolute atomic E-state index is 5.76. The second-order valence-electron chi connectivity index (χ2n) is 4.19. The van der Waals surface area contributed by atoms with Crippen LogP contribution in [0.1, 0.15) is 18.9 Å². The van der Waals surface area contributed by atoms with Crippen molar-refractivity contribution in [2.75, 3.05) is 19.6 Å². The molecule has 1 atom stereocenters. The molecule has 0 amide bonds. The standard InChI is InChI=1S/C13H20N2O/c1-2-14-13-8-9-15(10-13)16-11-12-6-4-3-5-7-12/h3-7,13-14H,2,8-11H2,1H3. The molecule has 0 radical (unpaired) electrons. The molecule has 1 aliphatic heterocycles. The Hall–Kier alpha value is -0.900. The fourth-order valence-corrected chi connectivity index (χ4v) is 2.04. The van der Waals surface area contributed by atoms with Crippen molar-refractivity contribution in [1.82, 2.24) is 10.4 Å². The Kier molecular flexibility index (Phi) is 4.34. The quantitative estimate of drug-likeness (QED) is 0.819. The monoisotopic (exact) mass is 220 g/mol. The minimum absolute atomic E-state index is 0.598. The third-order valence-corrected chi connectivity index (χ3v) is 2.90. The first kappa shape index (κ1) is 11.6. The van der Waals surface area contributed by atoms with E-state index in [9.17, 15) is 0 Å². The molecule has 3 heteroatoms. The highest BCUT2D eigenvalue weighted by Gasteiger charge is 2.21. The van der Waals surface area contributed by atoms with E-state index in [-0.39, 0.29) is 0 Å². The lowest BCUT2D eigenvalue weighted by molar-refractivity contribution is -0.154. The summed E-state index contributed by atoms with van der Waals surface area (Å²) in [4.78, 5) is 5.76. The lowest BCUT2D eigenvalue weighted by atomic mass is 10.2. The number of hydrogen-bond donors (Lipinski definition) is 1. The van der Waals surface area contributed by atoms with E-state index in [4.69, 9.17) is 4.84 Å². The van der Waals surface area contributed by atoms with Crippen molar-refractivity contribution in [1.29, 1.82) is 0 Å². The molecule has 0 bridgehead atoms. The number of rotatable bonds is 5. The van der Waals surface area contributed by atoms with Crippen molar-refractivity contribution in [3.05, 3.63) is 35.9 Å². The SMILES string of the molecule is CCNC1CCN(OCc2ccccc2)C1. The molecule has 0 aliphatic carbocycles. The van der Waals surface area contributed by atoms with Gasteiger partial charge in [-0.05, 0) is 18.5 Å². The Labute approximate surface area is 97.4 Å². The smallest absolute Gasteiger partial charge is 0.0935 e. The van der Waals surface area contributed by atoms with Gasteiger partial charge in [-0.25, -0.2) is 0 Å². The molecule has 88 valence electrons. The maximum atomic E-state index is 5.76. The second kappa shape index (κ2) is 5.99. The Morgan fingerprint density at radius 3 is 2.94 bits per heavy atom. The molecule has 1 aliphatic rings. The molecule has 0 aromatic heterocycles. The van der Waals surface area contributed by atoms with Crippen molar-refractivity contribution < 1.29 is 4.84 Å². The normalized spacial score (nSPS) is 21.4. The van der Waals surface area contributed by atoms with Crippen molar-refractivity contribution in [3.63, 3.8) is 0 Å². The van der Waals surface area contributed by atoms with Gasteiger partial charge in [0.15, 0.2) is 0 Å². The van der Waals surface area contributed by atoms with Gasteiger partial charge in [-0.3, -0.25) is 4.84 Å². The Bertz CT molecular complexity index is 302. The van der Waals surface area contributed by atoms with Gasteiger partial charge in [0.25, 0.3) is 0 Å². The van der Waals surface area contributed by atoms with E-state index in [0.717, 1.165) is 19.6 Å². The predicted molar refractivity (Wildman–Crippen MR) is 64.9 cm³/mol. The second-order valence-corrected chi connectivity index (χ2v) is 4.19. The topological polar surface area (TPSA) is 24.5 Å². The molecule has 2 rings (SSSR count). The third kappa shape index (κ3) is 3.30. The maximum Gasteiger partial charge on any atom is 0.0935 e. The molecular formula is C13H20N2O. The lowest BCUT2D eigenvalue weighted by Gasteiger charge is -2.16. The molecule has 0 spiro atoms. The summed E-state index contributed by atoms with van der Waals surface area (Å²) in [5, 5.41) is 5.52. The fraction of sp³-hybridized carbons (Fsp3) is 0.538. The van der Waals surface area contributed by atoms with Crippen molar-refractivity contribution in [2.45, 2.75) is 26.0 Å². The Morgan fingerprint density at radius 2 is 2.19 bits per heavy atom. The molecule has 1 heterocycles. The minimum Gasteiger partial charge on any atom is -0.313 e. The first-order valence-electron chi connectivity index (χ1n) is 6.03. The van der Waals surface area contributed by atoms with Crippen molar-refractivity contribution in [3.8, 4) is 0 Å². The average molecular weight is 220 g/mol. The van der Waals surface area contributed by atoms with E-state index in [0.29, 0.717) is 12.6 Å². The van der Waals surface area contributed by atoms with Gasteiger partial charge in [-0.1, -0.05) is 37.3 Å². The first-order valence-corrected chi connectivity index (χ1v) is 6.03. The minimum atomic E-state index is 0.598. The number of hydrogen-bond acceptors (Lipinski definition) is 3. The highest BCUT2D eigenvalue weighted by Crippen LogP contribution is 2.11. The number of nitrogens with zero attached hydrogens (tertiary/aromatic N) is 1. The van der Waals surface area contributed by atoms with Crippen LogP contribution in [0.25, 0.3) is 0 Å². The van der Waals surface area contributed by atoms with Crippen LogP contribution >= 0.6 is 0 Å². The molecule has 1 saturated heterocycles. The Morgan fingerprint density at radius 1 is 1.38 bits per heavy atom. The van der Waals surface area contributed by atoms with Gasteiger partial charge in [0.05, 0.1) is 6.61 Å². The molecular weight excluding hydrogens is 200 g/mol. The summed E-state index contributed by atoms with van der Waals surface area (Å²) >= 11 is 0. The zero-order valence-electron chi connectivity index (χ0n) is 9.86. The van der Waals surface area contributed by atoms with Gasteiger partial charge in [-0.2, -0.15) is 5.06 Å². The third-order valence-electron chi connectivity index (χ3n) is 2.90. The predicted octanol–water partition coefficient (Wildman–Crippen LogP) is 1.80. The van der Waals surface area contributed by atoms with Gasteiger partial charge in [0, 0.05) is 19.1 Å². The van der Waals surface area contributed by atoms with E-state index in [1.807, 2.05) is 18.2 Å². The number of hydroxylamine groups is 2. The molecule has 16 heavy (non-hydrogen) atoms. The zero-order chi connectivity index (χ0) is 11.2. The molecule has 1 aromatic carbocycles. The van der Waals surface area contributed by atoms with E-state index in [1.165, 1.54) is 12.0 Å². The molecule has 3 nitrogen and oxygen atoms in total. The summed E-state index contributed by atoms with van der Waals surface area (Å²) < 4.78 is 0. The van der Waals surface area contributed by atoms with Crippen molar-refractivity contribution in [2.24, 2.45) is 0 Å². The van der Waals surface area contributed by atoms with E-state index >= 15 is 0 Å². The van der Waals surface area contributed by atoms with Crippen LogP contribution < -0.4 is 5.32 Å². The van der Waals surface area contributed by atoms with Crippen LogP contribution in [0, 0.1) is 0 Å². The first-order chi connectivity index (χ1) is 7.88. The van der Waals surface area contributed by atoms with E-state index in [2.05, 4.69) is 29.4 Å². The molecule has 1 N–H and O–H groups in total. The summed E-state index contributed by atoms with van der Waals surface area (Å²) in [6.45, 7) is 5.90. The van der Waals surface area contributed by atoms with Gasteiger partial charge in [0.2, 0.25) is 0 Å². The summed E-state index contributed by atoms with van der Waals surface area (Å²) in [6, 6.07) is 10.9. The lowest BCUT2D eigenvalue weighted by Crippen LogP contribution is -2.32. The van der Waals surface area contributed by atoms with Crippen LogP contribution in [-0.2, 0) is 11.4 Å². The van der Waals surface area contributed by atoms with E-state index in [1.54, 1.807) is 0 Å². The number of likely N-dealkylation sites (N-methyl/N-ethyl adjacent to an activating group) is 1. The van der Waals surface area contributed by atoms with Crippen LogP contribution in [-0.4, -0.2) is 30.7 Å². The highest BCUT2D eigenvalue weighted by molar-refractivity contribution is 5.13. The summed E-state index contributed by atoms with van der Waals surface area (Å²) in [5.41, 5.74) is 1.23. The summed E-state index contributed by atoms with van der Waals surface area (Å²) in [6.07, 6.45) is 1.18. The van der Waals surface area contributed by atoms with Crippen LogP contribution in [0.15, 0.2) is 30.3 Å². The van der Waals surface area contributed by atoms with Crippen molar-refractivity contribution >= 4 is 0 Å². The van der Waals surface area contributed by atoms with Crippen LogP contribution in [0.4, 0.5) is 0 Å². The molecule has 1 aromatic rings. The van der Waals surface area contributed by atoms with Crippen LogP contribution in [0.3, 0.4) is 0 Å². The molecule has 0 saturated carbocycles. The van der Waals surface area contributed by atoms with Gasteiger partial charge in [0.1, 0.15) is 0 Å². The Balaban J connectivity index is 1.72. The highest BCUT2D eigenvalue weighted by atomic mass is 16.7. The molecule has 1 unspecified atom stereocenters. The van der Waals surface area contributed by atoms with Crippen LogP contribution in [0.2, 0.25) is 0 Å². The largest absolute Gasteiger partial charge is 0.313 e. The molecule has 1 fully saturated rings. The zero-order valence-corrected chi connectivity index (χ0v) is 9.86. The van der Waals surface area contributed by atoms with Gasteiger partial charge >= 0.3 is 0 Å². The van der Waals surface area contributed by atoms with E-state index < -0.39 is 0 Å². The summed E-state index contributed by atoms with van der Waals surface area (Å²) in [5.74, 6) is 0. The number of nitrogens with one attached hydrogen (secondary N) is 1. The number of benzene rings is 1. The fourth-order valence-electron chi connectivity index (χ4n) is 2.04. The van der Waals surface area contributed by atoms with Crippen LogP contribution in [0.5, 0.6) is 0 Å². The average Bonchev–Trinajstić information content (AvgIpc) is 2.76. The van der Waals surface area contributed by atoms with Gasteiger partial charge < -0.3 is 5.32 Å². The van der Waals surface area contributed by atoms with Gasteiger partial charge in [-0.15, -0.1) is 0 Å².